The highest BCUT2D eigenvalue weighted by molar-refractivity contribution is 8.01. The second kappa shape index (κ2) is 13.3. The second-order valence-corrected chi connectivity index (χ2v) is 12.7. The topological polar surface area (TPSA) is 235 Å². The molecule has 1 aromatic heterocycles. The molecule has 3 heterocycles. The van der Waals surface area contributed by atoms with Gasteiger partial charge in [0, 0.05) is 17.5 Å². The summed E-state index contributed by atoms with van der Waals surface area (Å²) in [5.41, 5.74) is 5.04. The first-order chi connectivity index (χ1) is 20.4. The van der Waals surface area contributed by atoms with Crippen LogP contribution in [0.15, 0.2) is 46.8 Å². The van der Waals surface area contributed by atoms with Crippen molar-refractivity contribution in [3.05, 3.63) is 47.2 Å². The van der Waals surface area contributed by atoms with Crippen molar-refractivity contribution in [1.82, 2.24) is 41.5 Å². The second-order valence-electron chi connectivity index (χ2n) is 10.4. The summed E-state index contributed by atoms with van der Waals surface area (Å²) >= 11 is 2.40. The number of thioether (sulfide) groups is 2. The molecule has 18 heteroatoms. The number of rotatable bonds is 11. The zero-order valence-electron chi connectivity index (χ0n) is 23.4. The normalized spacial score (nSPS) is 19.4. The van der Waals surface area contributed by atoms with Crippen LogP contribution >= 0.6 is 23.5 Å². The van der Waals surface area contributed by atoms with Crippen LogP contribution < -0.4 is 21.7 Å². The number of carboxylic acids is 1. The number of benzene rings is 1. The summed E-state index contributed by atoms with van der Waals surface area (Å²) in [6.45, 7) is 5.20. The van der Waals surface area contributed by atoms with Gasteiger partial charge < -0.3 is 31.5 Å². The standard InChI is InChI=1S/C25H31N9O7S2/c1-25(2,3)41-24(40)29-15(12-7-5-4-6-8-12)18(35)28-16-19(36)34-17(21(37)38)13(11-42-20(16)34)14(9-10-27-22(26)39)43-23-30-32-33-31-23/h4-8,14-16,20H,9-11H2,1-3H3,(H,28,35)(H,29,40)(H,37,38)(H3,26,27,39)(H,30,31,32,33)/t14?,15?,16?,20-/m0/s1. The number of hydrogen-bond acceptors (Lipinski definition) is 11. The van der Waals surface area contributed by atoms with E-state index in [4.69, 9.17) is 10.5 Å². The minimum absolute atomic E-state index is 0.132. The molecule has 2 aliphatic heterocycles. The van der Waals surface area contributed by atoms with Crippen LogP contribution in [0.4, 0.5) is 9.59 Å². The number of hydrogen-bond donors (Lipinski definition) is 6. The maximum atomic E-state index is 13.4. The average molecular weight is 634 g/mol. The number of fused-ring (bicyclic) bond motifs is 1. The molecule has 3 unspecified atom stereocenters. The number of urea groups is 1. The maximum absolute atomic E-state index is 13.4. The Balaban J connectivity index is 1.54. The molecule has 2 aliphatic rings. The third-order valence-electron chi connectivity index (χ3n) is 6.22. The molecule has 7 N–H and O–H groups in total. The Morgan fingerprint density at radius 1 is 1.26 bits per heavy atom. The first kappa shape index (κ1) is 31.6. The highest BCUT2D eigenvalue weighted by Gasteiger charge is 2.55. The molecule has 2 aromatic rings. The molecule has 16 nitrogen and oxygen atoms in total. The van der Waals surface area contributed by atoms with Crippen LogP contribution in [0.1, 0.15) is 38.8 Å². The van der Waals surface area contributed by atoms with Gasteiger partial charge in [-0.2, -0.15) is 5.21 Å². The predicted molar refractivity (Wildman–Crippen MR) is 154 cm³/mol. The number of carbonyl (C=O) groups excluding carboxylic acids is 4. The van der Waals surface area contributed by atoms with Crippen molar-refractivity contribution in [2.24, 2.45) is 5.73 Å². The van der Waals surface area contributed by atoms with E-state index in [0.29, 0.717) is 11.1 Å². The molecule has 5 amide bonds. The Morgan fingerprint density at radius 3 is 2.58 bits per heavy atom. The number of nitrogens with two attached hydrogens (primary N) is 1. The van der Waals surface area contributed by atoms with Gasteiger partial charge in [-0.05, 0) is 43.5 Å². The molecule has 43 heavy (non-hydrogen) atoms. The highest BCUT2D eigenvalue weighted by Crippen LogP contribution is 2.44. The maximum Gasteiger partial charge on any atom is 0.408 e. The van der Waals surface area contributed by atoms with Gasteiger partial charge in [-0.3, -0.25) is 14.5 Å². The van der Waals surface area contributed by atoms with Gasteiger partial charge in [0.25, 0.3) is 5.91 Å². The van der Waals surface area contributed by atoms with E-state index in [0.717, 1.165) is 16.7 Å². The van der Waals surface area contributed by atoms with Crippen LogP contribution in [0.2, 0.25) is 0 Å². The van der Waals surface area contributed by atoms with Crippen molar-refractivity contribution in [1.29, 1.82) is 0 Å². The molecule has 4 rings (SSSR count). The lowest BCUT2D eigenvalue weighted by atomic mass is 9.99. The first-order valence-corrected chi connectivity index (χ1v) is 15.0. The van der Waals surface area contributed by atoms with Crippen LogP contribution in [-0.4, -0.2) is 95.1 Å². The Bertz CT molecular complexity index is 1400. The van der Waals surface area contributed by atoms with E-state index in [-0.39, 0.29) is 29.6 Å². The van der Waals surface area contributed by atoms with Crippen LogP contribution in [0.25, 0.3) is 0 Å². The molecule has 1 saturated heterocycles. The average Bonchev–Trinajstić information content (AvgIpc) is 3.45. The number of aromatic amines is 1. The van der Waals surface area contributed by atoms with E-state index in [9.17, 15) is 29.1 Å². The Morgan fingerprint density at radius 2 is 1.98 bits per heavy atom. The van der Waals surface area contributed by atoms with Gasteiger partial charge in [0.2, 0.25) is 11.1 Å². The van der Waals surface area contributed by atoms with Gasteiger partial charge in [0.1, 0.15) is 28.8 Å². The molecular weight excluding hydrogens is 602 g/mol. The molecule has 0 bridgehead atoms. The van der Waals surface area contributed by atoms with Gasteiger partial charge in [-0.1, -0.05) is 42.1 Å². The lowest BCUT2D eigenvalue weighted by molar-refractivity contribution is -0.151. The van der Waals surface area contributed by atoms with Gasteiger partial charge in [-0.15, -0.1) is 22.0 Å². The fraction of sp³-hybridized carbons (Fsp3) is 0.440. The summed E-state index contributed by atoms with van der Waals surface area (Å²) in [5, 5.41) is 30.6. The number of β-lactam (4-membered cyclic amide) rings is 1. The molecule has 4 atom stereocenters. The van der Waals surface area contributed by atoms with E-state index >= 15 is 0 Å². The number of alkyl carbamates (subject to hydrolysis) is 1. The highest BCUT2D eigenvalue weighted by atomic mass is 32.2. The number of nitrogens with one attached hydrogen (secondary N) is 4. The minimum atomic E-state index is -1.33. The van der Waals surface area contributed by atoms with E-state index in [2.05, 4.69) is 36.6 Å². The zero-order chi connectivity index (χ0) is 31.3. The number of amides is 5. The number of primary amides is 1. The minimum Gasteiger partial charge on any atom is -0.477 e. The predicted octanol–water partition coefficient (Wildman–Crippen LogP) is 0.723. The number of nitrogens with zero attached hydrogens (tertiary/aromatic N) is 4. The van der Waals surface area contributed by atoms with Crippen molar-refractivity contribution in [3.8, 4) is 0 Å². The van der Waals surface area contributed by atoms with Crippen LogP contribution in [0.3, 0.4) is 0 Å². The van der Waals surface area contributed by atoms with E-state index in [1.807, 2.05) is 0 Å². The number of H-pyrrole nitrogens is 1. The Kier molecular flexibility index (Phi) is 9.80. The third-order valence-corrected chi connectivity index (χ3v) is 8.71. The summed E-state index contributed by atoms with van der Waals surface area (Å²) < 4.78 is 5.32. The first-order valence-electron chi connectivity index (χ1n) is 13.0. The molecule has 0 saturated carbocycles. The summed E-state index contributed by atoms with van der Waals surface area (Å²) in [6, 6.07) is 5.50. The van der Waals surface area contributed by atoms with Crippen molar-refractivity contribution in [3.63, 3.8) is 0 Å². The lowest BCUT2D eigenvalue weighted by Gasteiger charge is -2.50. The van der Waals surface area contributed by atoms with E-state index in [1.165, 1.54) is 11.8 Å². The summed E-state index contributed by atoms with van der Waals surface area (Å²) in [5.74, 6) is -2.41. The van der Waals surface area contributed by atoms with Crippen molar-refractivity contribution < 1.29 is 33.8 Å². The molecule has 1 aromatic carbocycles. The number of aliphatic carboxylic acids is 1. The summed E-state index contributed by atoms with van der Waals surface area (Å²) in [7, 11) is 0. The molecule has 230 valence electrons. The van der Waals surface area contributed by atoms with E-state index in [1.54, 1.807) is 51.1 Å². The molecule has 1 fully saturated rings. The number of tetrazole rings is 1. The smallest absolute Gasteiger partial charge is 0.408 e. The number of carbonyl (C=O) groups is 5. The van der Waals surface area contributed by atoms with Crippen LogP contribution in [0, 0.1) is 0 Å². The van der Waals surface area contributed by atoms with Gasteiger partial charge >= 0.3 is 18.1 Å². The monoisotopic (exact) mass is 633 g/mol. The van der Waals surface area contributed by atoms with Crippen molar-refractivity contribution >= 4 is 53.4 Å². The number of aromatic nitrogens is 4. The number of carboxylic acid groups (broad SMARTS) is 1. The number of ether oxygens (including phenoxy) is 1. The third kappa shape index (κ3) is 7.75. The quantitative estimate of drug-likeness (QED) is 0.148. The Labute approximate surface area is 254 Å². The fourth-order valence-electron chi connectivity index (χ4n) is 4.46. The zero-order valence-corrected chi connectivity index (χ0v) is 25.0. The molecule has 0 spiro atoms. The van der Waals surface area contributed by atoms with Gasteiger partial charge in [0.05, 0.1) is 0 Å². The van der Waals surface area contributed by atoms with Crippen LogP contribution in [0.5, 0.6) is 0 Å². The van der Waals surface area contributed by atoms with Crippen molar-refractivity contribution in [2.75, 3.05) is 12.3 Å². The fourth-order valence-corrected chi connectivity index (χ4v) is 7.00. The lowest BCUT2D eigenvalue weighted by Crippen LogP contribution is -2.71. The largest absolute Gasteiger partial charge is 0.477 e. The SMILES string of the molecule is CC(C)(C)OC(=O)NC(C(=O)NC1C(=O)N2C(C(=O)O)=C(C(CCNC(N)=O)Sc3nn[nH]n3)CS[C@@H]12)c1ccccc1. The molecular formula is C25H31N9O7S2. The Hall–Kier alpha value is -4.32. The summed E-state index contributed by atoms with van der Waals surface area (Å²) in [6.07, 6.45) is -0.557. The van der Waals surface area contributed by atoms with Gasteiger partial charge in [0.15, 0.2) is 0 Å². The van der Waals surface area contributed by atoms with Crippen LogP contribution in [-0.2, 0) is 19.1 Å². The molecule has 0 radical (unpaired) electrons. The molecule has 0 aliphatic carbocycles. The summed E-state index contributed by atoms with van der Waals surface area (Å²) in [4.78, 5) is 64.2. The van der Waals surface area contributed by atoms with Gasteiger partial charge in [-0.25, -0.2) is 14.4 Å². The van der Waals surface area contributed by atoms with E-state index < -0.39 is 58.2 Å². The van der Waals surface area contributed by atoms with Crippen molar-refractivity contribution in [2.45, 2.75) is 60.7 Å².